The molecule has 0 spiro atoms. The van der Waals surface area contributed by atoms with Crippen molar-refractivity contribution in [3.8, 4) is 0 Å². The zero-order chi connectivity index (χ0) is 16.4. The smallest absolute Gasteiger partial charge is 0.228 e. The zero-order valence-electron chi connectivity index (χ0n) is 14.5. The molecule has 0 radical (unpaired) electrons. The molecule has 0 unspecified atom stereocenters. The van der Waals surface area contributed by atoms with E-state index in [1.165, 1.54) is 12.8 Å². The zero-order valence-corrected chi connectivity index (χ0v) is 14.5. The van der Waals surface area contributed by atoms with E-state index in [9.17, 15) is 4.79 Å². The van der Waals surface area contributed by atoms with Crippen molar-refractivity contribution in [3.63, 3.8) is 0 Å². The number of hydrogen-bond acceptors (Lipinski definition) is 5. The lowest BCUT2D eigenvalue weighted by Gasteiger charge is -2.38. The molecule has 6 heteroatoms. The summed E-state index contributed by atoms with van der Waals surface area (Å²) < 4.78 is 0. The summed E-state index contributed by atoms with van der Waals surface area (Å²) in [4.78, 5) is 18.8. The Kier molecular flexibility index (Phi) is 4.41. The van der Waals surface area contributed by atoms with Crippen LogP contribution in [0.5, 0.6) is 0 Å². The van der Waals surface area contributed by atoms with Crippen LogP contribution in [-0.4, -0.2) is 60.3 Å². The van der Waals surface area contributed by atoms with Gasteiger partial charge in [0.25, 0.3) is 0 Å². The van der Waals surface area contributed by atoms with Gasteiger partial charge in [-0.1, -0.05) is 20.8 Å². The van der Waals surface area contributed by atoms with Crippen molar-refractivity contribution >= 4 is 17.5 Å². The summed E-state index contributed by atoms with van der Waals surface area (Å²) in [6.07, 6.45) is 2.49. The molecule has 0 atom stereocenters. The van der Waals surface area contributed by atoms with Gasteiger partial charge in [0.15, 0.2) is 11.6 Å². The van der Waals surface area contributed by atoms with Crippen molar-refractivity contribution in [2.75, 3.05) is 49.1 Å². The number of aromatic nitrogens is 2. The topological polar surface area (TPSA) is 52.6 Å². The molecule has 1 aromatic heterocycles. The highest BCUT2D eigenvalue weighted by Gasteiger charge is 2.30. The molecular weight excluding hydrogens is 290 g/mol. The predicted molar refractivity (Wildman–Crippen MR) is 91.7 cm³/mol. The number of anilines is 2. The Morgan fingerprint density at radius 2 is 1.35 bits per heavy atom. The lowest BCUT2D eigenvalue weighted by molar-refractivity contribution is -0.139. The van der Waals surface area contributed by atoms with Gasteiger partial charge in [-0.15, -0.1) is 10.2 Å². The van der Waals surface area contributed by atoms with Gasteiger partial charge in [0.2, 0.25) is 5.91 Å². The first kappa shape index (κ1) is 16.0. The molecule has 2 aliphatic heterocycles. The Morgan fingerprint density at radius 1 is 0.870 bits per heavy atom. The average molecular weight is 317 g/mol. The second-order valence-electron chi connectivity index (χ2n) is 7.47. The van der Waals surface area contributed by atoms with E-state index in [-0.39, 0.29) is 11.3 Å². The largest absolute Gasteiger partial charge is 0.355 e. The van der Waals surface area contributed by atoms with Gasteiger partial charge in [-0.25, -0.2) is 0 Å². The maximum Gasteiger partial charge on any atom is 0.228 e. The van der Waals surface area contributed by atoms with Gasteiger partial charge in [0, 0.05) is 44.7 Å². The van der Waals surface area contributed by atoms with Crippen LogP contribution in [0.15, 0.2) is 12.1 Å². The lowest BCUT2D eigenvalue weighted by Crippen LogP contribution is -2.51. The van der Waals surface area contributed by atoms with Crippen LogP contribution in [0.1, 0.15) is 33.6 Å². The van der Waals surface area contributed by atoms with E-state index in [2.05, 4.69) is 32.1 Å². The van der Waals surface area contributed by atoms with Crippen LogP contribution in [0.2, 0.25) is 0 Å². The van der Waals surface area contributed by atoms with Crippen LogP contribution in [0.4, 0.5) is 11.6 Å². The maximum absolute atomic E-state index is 12.3. The summed E-state index contributed by atoms with van der Waals surface area (Å²) >= 11 is 0. The van der Waals surface area contributed by atoms with Crippen molar-refractivity contribution < 1.29 is 4.79 Å². The van der Waals surface area contributed by atoms with Crippen LogP contribution >= 0.6 is 0 Å². The molecule has 126 valence electrons. The van der Waals surface area contributed by atoms with Crippen molar-refractivity contribution in [2.24, 2.45) is 5.41 Å². The molecule has 2 saturated heterocycles. The van der Waals surface area contributed by atoms with Crippen LogP contribution in [-0.2, 0) is 4.79 Å². The van der Waals surface area contributed by atoms with Gasteiger partial charge in [0.1, 0.15) is 0 Å². The van der Waals surface area contributed by atoms with Gasteiger partial charge in [-0.05, 0) is 25.0 Å². The fourth-order valence-electron chi connectivity index (χ4n) is 3.21. The lowest BCUT2D eigenvalue weighted by atomic mass is 9.94. The molecule has 1 aromatic rings. The van der Waals surface area contributed by atoms with Gasteiger partial charge >= 0.3 is 0 Å². The van der Waals surface area contributed by atoms with Gasteiger partial charge < -0.3 is 14.7 Å². The first-order chi connectivity index (χ1) is 10.9. The van der Waals surface area contributed by atoms with Crippen molar-refractivity contribution in [1.82, 2.24) is 15.1 Å². The second-order valence-corrected chi connectivity index (χ2v) is 7.47. The number of hydrogen-bond donors (Lipinski definition) is 0. The van der Waals surface area contributed by atoms with Crippen LogP contribution in [0.3, 0.4) is 0 Å². The highest BCUT2D eigenvalue weighted by molar-refractivity contribution is 5.81. The summed E-state index contributed by atoms with van der Waals surface area (Å²) in [6.45, 7) is 11.2. The standard InChI is InChI=1S/C17H27N5O/c1-17(2,3)16(23)22-12-10-21(11-13-22)15-7-6-14(18-19-15)20-8-4-5-9-20/h6-7H,4-5,8-13H2,1-3H3. The highest BCUT2D eigenvalue weighted by Crippen LogP contribution is 2.22. The third-order valence-electron chi connectivity index (χ3n) is 4.60. The molecule has 6 nitrogen and oxygen atoms in total. The summed E-state index contributed by atoms with van der Waals surface area (Å²) in [5.74, 6) is 2.12. The van der Waals surface area contributed by atoms with E-state index >= 15 is 0 Å². The molecule has 0 saturated carbocycles. The van der Waals surface area contributed by atoms with E-state index in [0.29, 0.717) is 0 Å². The Morgan fingerprint density at radius 3 is 1.78 bits per heavy atom. The molecule has 3 rings (SSSR count). The van der Waals surface area contributed by atoms with Gasteiger partial charge in [0.05, 0.1) is 0 Å². The van der Waals surface area contributed by atoms with Crippen molar-refractivity contribution in [2.45, 2.75) is 33.6 Å². The maximum atomic E-state index is 12.3. The molecule has 0 aromatic carbocycles. The number of piperazine rings is 1. The number of rotatable bonds is 2. The van der Waals surface area contributed by atoms with E-state index in [4.69, 9.17) is 0 Å². The van der Waals surface area contributed by atoms with Crippen LogP contribution in [0.25, 0.3) is 0 Å². The molecule has 0 bridgehead atoms. The third kappa shape index (κ3) is 3.57. The van der Waals surface area contributed by atoms with Crippen LogP contribution < -0.4 is 9.80 Å². The summed E-state index contributed by atoms with van der Waals surface area (Å²) in [5.41, 5.74) is -0.306. The van der Waals surface area contributed by atoms with E-state index in [0.717, 1.165) is 50.9 Å². The molecule has 3 heterocycles. The fourth-order valence-corrected chi connectivity index (χ4v) is 3.21. The summed E-state index contributed by atoms with van der Waals surface area (Å²) in [6, 6.07) is 4.13. The highest BCUT2D eigenvalue weighted by atomic mass is 16.2. The fraction of sp³-hybridized carbons (Fsp3) is 0.706. The molecule has 0 aliphatic carbocycles. The number of carbonyl (C=O) groups is 1. The second kappa shape index (κ2) is 6.34. The normalized spacial score (nSPS) is 19.3. The summed E-state index contributed by atoms with van der Waals surface area (Å²) in [7, 11) is 0. The Hall–Kier alpha value is -1.85. The molecule has 1 amide bonds. The summed E-state index contributed by atoms with van der Waals surface area (Å²) in [5, 5.41) is 8.78. The minimum Gasteiger partial charge on any atom is -0.355 e. The monoisotopic (exact) mass is 317 g/mol. The van der Waals surface area contributed by atoms with E-state index in [1.807, 2.05) is 25.7 Å². The van der Waals surface area contributed by atoms with Gasteiger partial charge in [-0.2, -0.15) is 0 Å². The molecule has 23 heavy (non-hydrogen) atoms. The van der Waals surface area contributed by atoms with E-state index < -0.39 is 0 Å². The first-order valence-electron chi connectivity index (χ1n) is 8.58. The Labute approximate surface area is 138 Å². The molecule has 2 aliphatic rings. The molecular formula is C17H27N5O. The SMILES string of the molecule is CC(C)(C)C(=O)N1CCN(c2ccc(N3CCCC3)nn2)CC1. The molecule has 2 fully saturated rings. The Balaban J connectivity index is 1.58. The van der Waals surface area contributed by atoms with Crippen LogP contribution in [0, 0.1) is 5.41 Å². The predicted octanol–water partition coefficient (Wildman–Crippen LogP) is 1.77. The van der Waals surface area contributed by atoms with Crippen molar-refractivity contribution in [3.05, 3.63) is 12.1 Å². The average Bonchev–Trinajstić information content (AvgIpc) is 3.08. The number of amides is 1. The minimum atomic E-state index is -0.306. The van der Waals surface area contributed by atoms with E-state index in [1.54, 1.807) is 0 Å². The minimum absolute atomic E-state index is 0.229. The number of carbonyl (C=O) groups excluding carboxylic acids is 1. The quantitative estimate of drug-likeness (QED) is 0.832. The van der Waals surface area contributed by atoms with Crippen molar-refractivity contribution in [1.29, 1.82) is 0 Å². The Bertz CT molecular complexity index is 537. The van der Waals surface area contributed by atoms with Gasteiger partial charge in [-0.3, -0.25) is 4.79 Å². The third-order valence-corrected chi connectivity index (χ3v) is 4.60. The number of nitrogens with zero attached hydrogens (tertiary/aromatic N) is 5. The molecule has 0 N–H and O–H groups in total. The first-order valence-corrected chi connectivity index (χ1v) is 8.58.